The largest absolute Gasteiger partial charge is 0.301 e. The number of amides is 2. The van der Waals surface area contributed by atoms with Gasteiger partial charge in [-0.05, 0) is 30.9 Å². The molecule has 2 rings (SSSR count). The summed E-state index contributed by atoms with van der Waals surface area (Å²) >= 11 is 0. The lowest BCUT2D eigenvalue weighted by Gasteiger charge is -2.21. The molecule has 4 nitrogen and oxygen atoms in total. The van der Waals surface area contributed by atoms with Gasteiger partial charge in [0.25, 0.3) is 0 Å². The van der Waals surface area contributed by atoms with E-state index >= 15 is 0 Å². The highest BCUT2D eigenvalue weighted by atomic mass is 16.2. The molecule has 0 bridgehead atoms. The summed E-state index contributed by atoms with van der Waals surface area (Å²) in [6.07, 6.45) is 2.04. The predicted molar refractivity (Wildman–Crippen MR) is 82.7 cm³/mol. The highest BCUT2D eigenvalue weighted by Gasteiger charge is 2.40. The second-order valence-electron chi connectivity index (χ2n) is 5.62. The number of imide groups is 1. The van der Waals surface area contributed by atoms with Gasteiger partial charge in [0.15, 0.2) is 0 Å². The minimum Gasteiger partial charge on any atom is -0.301 e. The number of carbonyl (C=O) groups is 2. The van der Waals surface area contributed by atoms with Gasteiger partial charge in [-0.2, -0.15) is 0 Å². The Bertz CT molecular complexity index is 527. The molecule has 2 atom stereocenters. The molecule has 1 saturated heterocycles. The third-order valence-electron chi connectivity index (χ3n) is 4.25. The first kappa shape index (κ1) is 15.7. The van der Waals surface area contributed by atoms with Gasteiger partial charge in [-0.1, -0.05) is 38.1 Å². The van der Waals surface area contributed by atoms with Crippen molar-refractivity contribution in [2.75, 3.05) is 0 Å². The highest BCUT2D eigenvalue weighted by molar-refractivity contribution is 6.05. The van der Waals surface area contributed by atoms with Gasteiger partial charge < -0.3 is 5.32 Å². The van der Waals surface area contributed by atoms with Crippen LogP contribution in [-0.4, -0.2) is 28.8 Å². The number of likely N-dealkylation sites (tertiary alicyclic amines) is 1. The Balaban J connectivity index is 2.01. The second-order valence-corrected chi connectivity index (χ2v) is 5.62. The van der Waals surface area contributed by atoms with Gasteiger partial charge in [0, 0.05) is 12.6 Å². The zero-order valence-electron chi connectivity index (χ0n) is 13.1. The minimum absolute atomic E-state index is 0.0141. The molecule has 21 heavy (non-hydrogen) atoms. The molecular formula is C17H24N2O2. The average Bonchev–Trinajstić information content (AvgIpc) is 2.79. The smallest absolute Gasteiger partial charge is 0.247 e. The monoisotopic (exact) mass is 288 g/mol. The fraction of sp³-hybridized carbons (Fsp3) is 0.529. The first-order valence-corrected chi connectivity index (χ1v) is 7.74. The van der Waals surface area contributed by atoms with Gasteiger partial charge >= 0.3 is 0 Å². The molecule has 1 aromatic carbocycles. The summed E-state index contributed by atoms with van der Waals surface area (Å²) in [6, 6.07) is 7.81. The number of benzene rings is 1. The maximum Gasteiger partial charge on any atom is 0.247 e. The Morgan fingerprint density at radius 1 is 1.24 bits per heavy atom. The number of hydrogen-bond acceptors (Lipinski definition) is 3. The van der Waals surface area contributed by atoms with Crippen LogP contribution in [-0.2, 0) is 22.6 Å². The topological polar surface area (TPSA) is 49.4 Å². The van der Waals surface area contributed by atoms with Gasteiger partial charge in [-0.25, -0.2) is 0 Å². The van der Waals surface area contributed by atoms with E-state index in [1.165, 1.54) is 16.0 Å². The molecule has 1 aromatic rings. The molecule has 1 aliphatic heterocycles. The minimum atomic E-state index is -0.378. The van der Waals surface area contributed by atoms with Crippen molar-refractivity contribution in [3.8, 4) is 0 Å². The normalized spacial score (nSPS) is 20.1. The molecule has 1 N–H and O–H groups in total. The number of nitrogens with one attached hydrogen (secondary N) is 1. The van der Waals surface area contributed by atoms with Crippen LogP contribution in [0.4, 0.5) is 0 Å². The first-order chi connectivity index (χ1) is 10.1. The Kier molecular flexibility index (Phi) is 5.12. The zero-order chi connectivity index (χ0) is 15.4. The van der Waals surface area contributed by atoms with Crippen LogP contribution in [0.2, 0.25) is 0 Å². The maximum atomic E-state index is 12.3. The van der Waals surface area contributed by atoms with E-state index in [1.807, 2.05) is 26.0 Å². The number of carbonyl (C=O) groups excluding carboxylic acids is 2. The summed E-state index contributed by atoms with van der Waals surface area (Å²) in [6.45, 7) is 6.66. The molecule has 0 spiro atoms. The predicted octanol–water partition coefficient (Wildman–Crippen LogP) is 2.26. The summed E-state index contributed by atoms with van der Waals surface area (Å²) < 4.78 is 0. The van der Waals surface area contributed by atoms with Crippen LogP contribution < -0.4 is 5.32 Å². The van der Waals surface area contributed by atoms with Crippen LogP contribution in [0.25, 0.3) is 0 Å². The fourth-order valence-corrected chi connectivity index (χ4v) is 2.76. The molecule has 1 heterocycles. The molecule has 1 aliphatic rings. The Hall–Kier alpha value is -1.68. The van der Waals surface area contributed by atoms with Gasteiger partial charge in [0.2, 0.25) is 11.8 Å². The van der Waals surface area contributed by atoms with E-state index in [0.29, 0.717) is 6.54 Å². The van der Waals surface area contributed by atoms with E-state index < -0.39 is 0 Å². The van der Waals surface area contributed by atoms with E-state index in [2.05, 4.69) is 24.4 Å². The summed E-state index contributed by atoms with van der Waals surface area (Å²) in [5.41, 5.74) is 2.47. The van der Waals surface area contributed by atoms with Gasteiger partial charge in [0.05, 0.1) is 12.5 Å². The summed E-state index contributed by atoms with van der Waals surface area (Å²) in [5.74, 6) is -0.140. The number of nitrogens with zero attached hydrogens (tertiary/aromatic N) is 1. The van der Waals surface area contributed by atoms with Crippen LogP contribution in [0.15, 0.2) is 24.3 Å². The number of rotatable bonds is 6. The van der Waals surface area contributed by atoms with Crippen LogP contribution in [0.1, 0.15) is 44.7 Å². The van der Waals surface area contributed by atoms with Crippen molar-refractivity contribution in [3.63, 3.8) is 0 Å². The number of aryl methyl sites for hydroxylation is 1. The van der Waals surface area contributed by atoms with Gasteiger partial charge in [-0.3, -0.25) is 14.5 Å². The van der Waals surface area contributed by atoms with E-state index in [9.17, 15) is 9.59 Å². The van der Waals surface area contributed by atoms with Crippen molar-refractivity contribution in [3.05, 3.63) is 35.4 Å². The lowest BCUT2D eigenvalue weighted by atomic mass is 10.0. The molecule has 2 unspecified atom stereocenters. The standard InChI is InChI=1S/C17H24N2O2/c1-4-12(3)19-16(20)10-15(17(19)21)18-11-14-9-7-6-8-13(14)5-2/h6-9,12,15,18H,4-5,10-11H2,1-3H3. The van der Waals surface area contributed by atoms with Crippen molar-refractivity contribution < 1.29 is 9.59 Å². The Morgan fingerprint density at radius 2 is 1.90 bits per heavy atom. The Labute approximate surface area is 126 Å². The molecular weight excluding hydrogens is 264 g/mol. The first-order valence-electron chi connectivity index (χ1n) is 7.74. The third kappa shape index (κ3) is 3.32. The van der Waals surface area contributed by atoms with Gasteiger partial charge in [0.1, 0.15) is 0 Å². The maximum absolute atomic E-state index is 12.3. The van der Waals surface area contributed by atoms with Crippen molar-refractivity contribution in [2.24, 2.45) is 0 Å². The molecule has 0 saturated carbocycles. The Morgan fingerprint density at radius 3 is 2.52 bits per heavy atom. The van der Waals surface area contributed by atoms with Crippen molar-refractivity contribution >= 4 is 11.8 Å². The second kappa shape index (κ2) is 6.85. The van der Waals surface area contributed by atoms with Crippen molar-refractivity contribution in [2.45, 2.75) is 58.7 Å². The van der Waals surface area contributed by atoms with E-state index in [-0.39, 0.29) is 30.3 Å². The van der Waals surface area contributed by atoms with Crippen LogP contribution in [0, 0.1) is 0 Å². The number of hydrogen-bond donors (Lipinski definition) is 1. The van der Waals surface area contributed by atoms with Gasteiger partial charge in [-0.15, -0.1) is 0 Å². The van der Waals surface area contributed by atoms with E-state index in [4.69, 9.17) is 0 Å². The van der Waals surface area contributed by atoms with E-state index in [0.717, 1.165) is 12.8 Å². The zero-order valence-corrected chi connectivity index (χ0v) is 13.1. The quantitative estimate of drug-likeness (QED) is 0.817. The van der Waals surface area contributed by atoms with E-state index in [1.54, 1.807) is 0 Å². The molecule has 4 heteroatoms. The lowest BCUT2D eigenvalue weighted by Crippen LogP contribution is -2.42. The highest BCUT2D eigenvalue weighted by Crippen LogP contribution is 2.19. The van der Waals surface area contributed by atoms with Crippen LogP contribution in [0.3, 0.4) is 0 Å². The van der Waals surface area contributed by atoms with Crippen LogP contribution >= 0.6 is 0 Å². The molecule has 0 aromatic heterocycles. The third-order valence-corrected chi connectivity index (χ3v) is 4.25. The van der Waals surface area contributed by atoms with Crippen molar-refractivity contribution in [1.82, 2.24) is 10.2 Å². The molecule has 0 radical (unpaired) electrons. The summed E-state index contributed by atoms with van der Waals surface area (Å²) in [5, 5.41) is 3.25. The summed E-state index contributed by atoms with van der Waals surface area (Å²) in [7, 11) is 0. The lowest BCUT2D eigenvalue weighted by molar-refractivity contribution is -0.141. The fourth-order valence-electron chi connectivity index (χ4n) is 2.76. The molecule has 2 amide bonds. The molecule has 1 fully saturated rings. The molecule has 114 valence electrons. The van der Waals surface area contributed by atoms with Crippen molar-refractivity contribution in [1.29, 1.82) is 0 Å². The SMILES string of the molecule is CCc1ccccc1CNC1CC(=O)N(C(C)CC)C1=O. The average molecular weight is 288 g/mol. The molecule has 0 aliphatic carbocycles. The van der Waals surface area contributed by atoms with Crippen LogP contribution in [0.5, 0.6) is 0 Å². The summed E-state index contributed by atoms with van der Waals surface area (Å²) in [4.78, 5) is 25.7.